The predicted molar refractivity (Wildman–Crippen MR) is 36.0 cm³/mol. The molecule has 1 aromatic heterocycles. The average Bonchev–Trinajstić information content (AvgIpc) is 2.38. The Morgan fingerprint density at radius 3 is 3.00 bits per heavy atom. The minimum Gasteiger partial charge on any atom is -0.337 e. The van der Waals surface area contributed by atoms with Gasteiger partial charge in [-0.05, 0) is 5.82 Å². The van der Waals surface area contributed by atoms with Crippen molar-refractivity contribution in [3.63, 3.8) is 0 Å². The van der Waals surface area contributed by atoms with Crippen LogP contribution < -0.4 is 5.44 Å². The minimum atomic E-state index is -3.42. The largest absolute Gasteiger partial charge is 0.337 e. The van der Waals surface area contributed by atoms with Crippen molar-refractivity contribution in [1.29, 1.82) is 0 Å². The van der Waals surface area contributed by atoms with E-state index in [1.54, 1.807) is 0 Å². The van der Waals surface area contributed by atoms with Crippen LogP contribution in [0.4, 0.5) is 0 Å². The van der Waals surface area contributed by atoms with Crippen LogP contribution in [0.25, 0.3) is 0 Å². The highest BCUT2D eigenvalue weighted by Crippen LogP contribution is 2.38. The summed E-state index contributed by atoms with van der Waals surface area (Å²) in [4.78, 5) is 9.00. The van der Waals surface area contributed by atoms with E-state index in [0.717, 1.165) is 5.82 Å². The van der Waals surface area contributed by atoms with Gasteiger partial charge in [0.1, 0.15) is 0 Å². The standard InChI is InChI=1S/C4H6N3O2P/c1-2-10(8,9)4-3-5-7-6-4/h2-3H,1H2,(H,8,9)(H,5,6,7). The lowest BCUT2D eigenvalue weighted by atomic mass is 10.9. The van der Waals surface area contributed by atoms with E-state index >= 15 is 0 Å². The van der Waals surface area contributed by atoms with Gasteiger partial charge in [-0.3, -0.25) is 4.57 Å². The summed E-state index contributed by atoms with van der Waals surface area (Å²) in [5.74, 6) is 0.963. The molecule has 0 aliphatic rings. The molecule has 0 amide bonds. The number of H-pyrrole nitrogens is 1. The molecule has 54 valence electrons. The first-order chi connectivity index (χ1) is 4.67. The van der Waals surface area contributed by atoms with Crippen molar-refractivity contribution in [2.24, 2.45) is 0 Å². The summed E-state index contributed by atoms with van der Waals surface area (Å²) in [5.41, 5.74) is 0.0301. The Hall–Kier alpha value is -0.930. The van der Waals surface area contributed by atoms with Gasteiger partial charge in [-0.25, -0.2) is 0 Å². The van der Waals surface area contributed by atoms with Gasteiger partial charge in [-0.2, -0.15) is 15.4 Å². The fourth-order valence-electron chi connectivity index (χ4n) is 0.443. The second-order valence-electron chi connectivity index (χ2n) is 1.63. The first-order valence-corrected chi connectivity index (χ1v) is 4.22. The summed E-state index contributed by atoms with van der Waals surface area (Å²) in [6.45, 7) is 3.19. The number of hydrogen-bond acceptors (Lipinski definition) is 3. The van der Waals surface area contributed by atoms with Crippen molar-refractivity contribution in [2.45, 2.75) is 0 Å². The molecule has 1 atom stereocenters. The lowest BCUT2D eigenvalue weighted by Crippen LogP contribution is -2.02. The van der Waals surface area contributed by atoms with E-state index < -0.39 is 7.37 Å². The highest BCUT2D eigenvalue weighted by molar-refractivity contribution is 7.68. The normalized spacial score (nSPS) is 16.1. The Kier molecular flexibility index (Phi) is 1.70. The predicted octanol–water partition coefficient (Wildman–Crippen LogP) is -0.156. The highest BCUT2D eigenvalue weighted by Gasteiger charge is 2.18. The minimum absolute atomic E-state index is 0.0301. The molecule has 6 heteroatoms. The van der Waals surface area contributed by atoms with Gasteiger partial charge in [0.15, 0.2) is 5.44 Å². The summed E-state index contributed by atoms with van der Waals surface area (Å²) < 4.78 is 11.0. The zero-order valence-electron chi connectivity index (χ0n) is 5.06. The molecule has 10 heavy (non-hydrogen) atoms. The maximum atomic E-state index is 11.0. The number of nitrogens with zero attached hydrogens (tertiary/aromatic N) is 2. The number of rotatable bonds is 2. The Morgan fingerprint density at radius 1 is 1.90 bits per heavy atom. The second-order valence-corrected chi connectivity index (χ2v) is 3.70. The molecule has 0 saturated carbocycles. The first kappa shape index (κ1) is 7.18. The SMILES string of the molecule is C=CP(=O)(O)c1cn[nH]n1. The van der Waals surface area contributed by atoms with E-state index in [4.69, 9.17) is 4.89 Å². The molecule has 0 aliphatic carbocycles. The summed E-state index contributed by atoms with van der Waals surface area (Å²) in [7, 11) is -3.42. The van der Waals surface area contributed by atoms with Crippen LogP contribution >= 0.6 is 7.37 Å². The lowest BCUT2D eigenvalue weighted by molar-refractivity contribution is 0.499. The average molecular weight is 159 g/mol. The maximum absolute atomic E-state index is 11.0. The number of nitrogens with one attached hydrogen (secondary N) is 1. The fourth-order valence-corrected chi connectivity index (χ4v) is 1.04. The van der Waals surface area contributed by atoms with E-state index in [0.29, 0.717) is 0 Å². The maximum Gasteiger partial charge on any atom is 0.272 e. The third-order valence-electron chi connectivity index (χ3n) is 0.978. The lowest BCUT2D eigenvalue weighted by Gasteiger charge is -1.97. The van der Waals surface area contributed by atoms with Crippen molar-refractivity contribution >= 4 is 12.8 Å². The van der Waals surface area contributed by atoms with Crippen LogP contribution in [0, 0.1) is 0 Å². The van der Waals surface area contributed by atoms with Crippen molar-refractivity contribution in [3.8, 4) is 0 Å². The van der Waals surface area contributed by atoms with Crippen LogP contribution in [-0.2, 0) is 4.57 Å². The van der Waals surface area contributed by atoms with Crippen LogP contribution in [0.1, 0.15) is 0 Å². The van der Waals surface area contributed by atoms with E-state index in [1.807, 2.05) is 0 Å². The molecular weight excluding hydrogens is 153 g/mol. The molecular formula is C4H6N3O2P. The number of aromatic amines is 1. The summed E-state index contributed by atoms with van der Waals surface area (Å²) in [6, 6.07) is 0. The van der Waals surface area contributed by atoms with Crippen LogP contribution in [0.15, 0.2) is 18.6 Å². The topological polar surface area (TPSA) is 78.9 Å². The van der Waals surface area contributed by atoms with E-state index in [2.05, 4.69) is 22.0 Å². The Balaban J connectivity index is 3.08. The molecule has 1 unspecified atom stereocenters. The van der Waals surface area contributed by atoms with Gasteiger partial charge in [0.2, 0.25) is 0 Å². The summed E-state index contributed by atoms with van der Waals surface area (Å²) in [5, 5.41) is 9.05. The van der Waals surface area contributed by atoms with Crippen molar-refractivity contribution in [1.82, 2.24) is 15.4 Å². The van der Waals surface area contributed by atoms with Crippen molar-refractivity contribution < 1.29 is 9.46 Å². The van der Waals surface area contributed by atoms with E-state index in [-0.39, 0.29) is 5.44 Å². The Morgan fingerprint density at radius 2 is 2.60 bits per heavy atom. The molecule has 0 spiro atoms. The third kappa shape index (κ3) is 1.15. The number of aromatic nitrogens is 3. The van der Waals surface area contributed by atoms with Crippen LogP contribution in [0.2, 0.25) is 0 Å². The molecule has 1 aromatic rings. The second kappa shape index (κ2) is 2.36. The van der Waals surface area contributed by atoms with Gasteiger partial charge >= 0.3 is 0 Å². The molecule has 0 bridgehead atoms. The summed E-state index contributed by atoms with van der Waals surface area (Å²) in [6.07, 6.45) is 1.20. The summed E-state index contributed by atoms with van der Waals surface area (Å²) >= 11 is 0. The Bertz CT molecular complexity index is 268. The first-order valence-electron chi connectivity index (χ1n) is 2.49. The number of hydrogen-bond donors (Lipinski definition) is 2. The fraction of sp³-hybridized carbons (Fsp3) is 0. The van der Waals surface area contributed by atoms with Crippen LogP contribution in [0.5, 0.6) is 0 Å². The van der Waals surface area contributed by atoms with E-state index in [1.165, 1.54) is 6.20 Å². The third-order valence-corrected chi connectivity index (χ3v) is 2.34. The molecule has 5 nitrogen and oxygen atoms in total. The Labute approximate surface area is 57.2 Å². The molecule has 1 heterocycles. The molecule has 0 saturated heterocycles. The van der Waals surface area contributed by atoms with Gasteiger partial charge in [0.05, 0.1) is 6.20 Å². The van der Waals surface area contributed by atoms with Gasteiger partial charge < -0.3 is 4.89 Å². The van der Waals surface area contributed by atoms with Crippen LogP contribution in [-0.4, -0.2) is 20.3 Å². The quantitative estimate of drug-likeness (QED) is 0.588. The van der Waals surface area contributed by atoms with Crippen LogP contribution in [0.3, 0.4) is 0 Å². The van der Waals surface area contributed by atoms with Crippen molar-refractivity contribution in [2.75, 3.05) is 0 Å². The van der Waals surface area contributed by atoms with Gasteiger partial charge in [0.25, 0.3) is 7.37 Å². The zero-order valence-corrected chi connectivity index (χ0v) is 5.95. The van der Waals surface area contributed by atoms with Gasteiger partial charge in [0, 0.05) is 0 Å². The van der Waals surface area contributed by atoms with Gasteiger partial charge in [-0.15, -0.1) is 0 Å². The molecule has 2 N–H and O–H groups in total. The molecule has 1 rings (SSSR count). The monoisotopic (exact) mass is 159 g/mol. The smallest absolute Gasteiger partial charge is 0.272 e. The molecule has 0 fully saturated rings. The van der Waals surface area contributed by atoms with Gasteiger partial charge in [-0.1, -0.05) is 6.58 Å². The molecule has 0 radical (unpaired) electrons. The zero-order chi connectivity index (χ0) is 7.61. The van der Waals surface area contributed by atoms with E-state index in [9.17, 15) is 4.57 Å². The molecule has 0 aromatic carbocycles. The van der Waals surface area contributed by atoms with Crippen molar-refractivity contribution in [3.05, 3.63) is 18.6 Å². The molecule has 0 aliphatic heterocycles. The highest BCUT2D eigenvalue weighted by atomic mass is 31.2.